The normalized spacial score (nSPS) is 18.4. The van der Waals surface area contributed by atoms with Gasteiger partial charge in [-0.25, -0.2) is 0 Å². The van der Waals surface area contributed by atoms with Gasteiger partial charge in [-0.05, 0) is 36.0 Å². The number of rotatable bonds is 2. The van der Waals surface area contributed by atoms with Crippen molar-refractivity contribution in [3.8, 4) is 11.4 Å². The second kappa shape index (κ2) is 3.96. The summed E-state index contributed by atoms with van der Waals surface area (Å²) in [4.78, 5) is 4.24. The molecule has 3 rings (SSSR count). The molecule has 2 aromatic rings. The SMILES string of the molecule is CC1Cc2ccc(-c3noc(CN)n3)cc2C1. The molecular weight excluding hydrogens is 214 g/mol. The Morgan fingerprint density at radius 3 is 2.94 bits per heavy atom. The van der Waals surface area contributed by atoms with E-state index < -0.39 is 0 Å². The molecule has 1 aliphatic rings. The molecule has 1 aromatic heterocycles. The lowest BCUT2D eigenvalue weighted by Gasteiger charge is -2.00. The van der Waals surface area contributed by atoms with E-state index in [0.29, 0.717) is 11.7 Å². The van der Waals surface area contributed by atoms with Gasteiger partial charge < -0.3 is 10.3 Å². The van der Waals surface area contributed by atoms with Crippen molar-refractivity contribution < 1.29 is 4.52 Å². The average Bonchev–Trinajstić information content (AvgIpc) is 2.92. The van der Waals surface area contributed by atoms with Crippen molar-refractivity contribution in [2.45, 2.75) is 26.3 Å². The van der Waals surface area contributed by atoms with Crippen molar-refractivity contribution in [2.24, 2.45) is 11.7 Å². The van der Waals surface area contributed by atoms with Gasteiger partial charge in [0.05, 0.1) is 6.54 Å². The van der Waals surface area contributed by atoms with Crippen LogP contribution in [0.2, 0.25) is 0 Å². The van der Waals surface area contributed by atoms with Crippen molar-refractivity contribution in [3.05, 3.63) is 35.2 Å². The molecule has 4 heteroatoms. The molecule has 2 N–H and O–H groups in total. The summed E-state index contributed by atoms with van der Waals surface area (Å²) in [7, 11) is 0. The van der Waals surface area contributed by atoms with E-state index in [1.54, 1.807) is 0 Å². The summed E-state index contributed by atoms with van der Waals surface area (Å²) >= 11 is 0. The molecule has 0 bridgehead atoms. The lowest BCUT2D eigenvalue weighted by Crippen LogP contribution is -1.95. The van der Waals surface area contributed by atoms with E-state index in [1.807, 2.05) is 0 Å². The highest BCUT2D eigenvalue weighted by Crippen LogP contribution is 2.29. The molecule has 1 aromatic carbocycles. The van der Waals surface area contributed by atoms with Gasteiger partial charge in [0.25, 0.3) is 0 Å². The van der Waals surface area contributed by atoms with E-state index in [-0.39, 0.29) is 6.54 Å². The van der Waals surface area contributed by atoms with Crippen LogP contribution >= 0.6 is 0 Å². The topological polar surface area (TPSA) is 64.9 Å². The Morgan fingerprint density at radius 2 is 2.18 bits per heavy atom. The molecule has 0 aliphatic heterocycles. The summed E-state index contributed by atoms with van der Waals surface area (Å²) in [5.41, 5.74) is 9.33. The second-order valence-corrected chi connectivity index (χ2v) is 4.71. The third-order valence-corrected chi connectivity index (χ3v) is 3.24. The van der Waals surface area contributed by atoms with Crippen LogP contribution in [0, 0.1) is 5.92 Å². The molecule has 17 heavy (non-hydrogen) atoms. The fraction of sp³-hybridized carbons (Fsp3) is 0.385. The average molecular weight is 229 g/mol. The zero-order valence-electron chi connectivity index (χ0n) is 9.81. The Balaban J connectivity index is 1.97. The summed E-state index contributed by atoms with van der Waals surface area (Å²) in [5, 5.41) is 3.94. The first-order valence-corrected chi connectivity index (χ1v) is 5.91. The molecule has 1 heterocycles. The van der Waals surface area contributed by atoms with E-state index in [4.69, 9.17) is 10.3 Å². The highest BCUT2D eigenvalue weighted by Gasteiger charge is 2.19. The third kappa shape index (κ3) is 1.85. The predicted molar refractivity (Wildman–Crippen MR) is 64.2 cm³/mol. The minimum absolute atomic E-state index is 0.287. The quantitative estimate of drug-likeness (QED) is 0.854. The van der Waals surface area contributed by atoms with E-state index in [0.717, 1.165) is 17.9 Å². The van der Waals surface area contributed by atoms with Crippen molar-refractivity contribution in [1.29, 1.82) is 0 Å². The molecule has 0 spiro atoms. The maximum Gasteiger partial charge on any atom is 0.240 e. The van der Waals surface area contributed by atoms with Crippen LogP contribution in [0.3, 0.4) is 0 Å². The van der Waals surface area contributed by atoms with E-state index in [2.05, 4.69) is 35.3 Å². The summed E-state index contributed by atoms with van der Waals surface area (Å²) in [6.07, 6.45) is 2.32. The van der Waals surface area contributed by atoms with Crippen molar-refractivity contribution in [2.75, 3.05) is 0 Å². The first-order chi connectivity index (χ1) is 8.26. The van der Waals surface area contributed by atoms with Crippen LogP contribution in [0.4, 0.5) is 0 Å². The van der Waals surface area contributed by atoms with Gasteiger partial charge in [-0.3, -0.25) is 0 Å². The Hall–Kier alpha value is -1.68. The van der Waals surface area contributed by atoms with Crippen molar-refractivity contribution in [3.63, 3.8) is 0 Å². The van der Waals surface area contributed by atoms with Gasteiger partial charge >= 0.3 is 0 Å². The largest absolute Gasteiger partial charge is 0.338 e. The summed E-state index contributed by atoms with van der Waals surface area (Å²) in [5.74, 6) is 1.85. The zero-order chi connectivity index (χ0) is 11.8. The molecule has 0 saturated heterocycles. The van der Waals surface area contributed by atoms with Gasteiger partial charge in [-0.2, -0.15) is 4.98 Å². The third-order valence-electron chi connectivity index (χ3n) is 3.24. The second-order valence-electron chi connectivity index (χ2n) is 4.71. The fourth-order valence-corrected chi connectivity index (χ4v) is 2.43. The lowest BCUT2D eigenvalue weighted by atomic mass is 10.1. The van der Waals surface area contributed by atoms with Crippen LogP contribution in [0.5, 0.6) is 0 Å². The highest BCUT2D eigenvalue weighted by molar-refractivity contribution is 5.57. The van der Waals surface area contributed by atoms with Gasteiger partial charge in [-0.15, -0.1) is 0 Å². The number of nitrogens with zero attached hydrogens (tertiary/aromatic N) is 2. The van der Waals surface area contributed by atoms with Gasteiger partial charge in [0.15, 0.2) is 0 Å². The van der Waals surface area contributed by atoms with E-state index in [9.17, 15) is 0 Å². The van der Waals surface area contributed by atoms with Crippen LogP contribution < -0.4 is 5.73 Å². The number of nitrogens with two attached hydrogens (primary N) is 1. The number of fused-ring (bicyclic) bond motifs is 1. The summed E-state index contributed by atoms with van der Waals surface area (Å²) in [6.45, 7) is 2.57. The van der Waals surface area contributed by atoms with Gasteiger partial charge in [0, 0.05) is 5.56 Å². The molecular formula is C13H15N3O. The van der Waals surface area contributed by atoms with E-state index in [1.165, 1.54) is 17.5 Å². The zero-order valence-corrected chi connectivity index (χ0v) is 9.81. The minimum atomic E-state index is 0.287. The Morgan fingerprint density at radius 1 is 1.35 bits per heavy atom. The molecule has 88 valence electrons. The molecule has 0 amide bonds. The standard InChI is InChI=1S/C13H15N3O/c1-8-4-9-2-3-10(6-11(9)5-8)13-15-12(7-14)17-16-13/h2-3,6,8H,4-5,7,14H2,1H3. The Bertz CT molecular complexity index is 547. The van der Waals surface area contributed by atoms with Gasteiger partial charge in [0.1, 0.15) is 0 Å². The maximum absolute atomic E-state index is 5.45. The van der Waals surface area contributed by atoms with Crippen LogP contribution in [-0.4, -0.2) is 10.1 Å². The van der Waals surface area contributed by atoms with Crippen molar-refractivity contribution >= 4 is 0 Å². The Labute approximate surface area is 99.8 Å². The van der Waals surface area contributed by atoms with Crippen molar-refractivity contribution in [1.82, 2.24) is 10.1 Å². The maximum atomic E-state index is 5.45. The summed E-state index contributed by atoms with van der Waals surface area (Å²) < 4.78 is 5.02. The van der Waals surface area contributed by atoms with E-state index >= 15 is 0 Å². The molecule has 1 aliphatic carbocycles. The lowest BCUT2D eigenvalue weighted by molar-refractivity contribution is 0.380. The highest BCUT2D eigenvalue weighted by atomic mass is 16.5. The van der Waals surface area contributed by atoms with Gasteiger partial charge in [-0.1, -0.05) is 24.2 Å². The fourth-order valence-electron chi connectivity index (χ4n) is 2.43. The number of aromatic nitrogens is 2. The number of hydrogen-bond donors (Lipinski definition) is 1. The predicted octanol–water partition coefficient (Wildman–Crippen LogP) is 1.93. The van der Waals surface area contributed by atoms with Crippen LogP contribution in [0.25, 0.3) is 11.4 Å². The first-order valence-electron chi connectivity index (χ1n) is 5.91. The molecule has 0 saturated carbocycles. The van der Waals surface area contributed by atoms with Crippen LogP contribution in [-0.2, 0) is 19.4 Å². The van der Waals surface area contributed by atoms with Crippen LogP contribution in [0.1, 0.15) is 23.9 Å². The number of benzene rings is 1. The molecule has 0 radical (unpaired) electrons. The first kappa shape index (κ1) is 10.5. The smallest absolute Gasteiger partial charge is 0.240 e. The molecule has 0 fully saturated rings. The molecule has 1 atom stereocenters. The Kier molecular flexibility index (Phi) is 2.44. The molecule has 1 unspecified atom stereocenters. The molecule has 4 nitrogen and oxygen atoms in total. The monoisotopic (exact) mass is 229 g/mol. The minimum Gasteiger partial charge on any atom is -0.338 e. The number of hydrogen-bond acceptors (Lipinski definition) is 4. The van der Waals surface area contributed by atoms with Crippen LogP contribution in [0.15, 0.2) is 22.7 Å². The van der Waals surface area contributed by atoms with Gasteiger partial charge in [0.2, 0.25) is 11.7 Å². The summed E-state index contributed by atoms with van der Waals surface area (Å²) in [6, 6.07) is 6.40.